The standard InChI is InChI=1S/C11H13NO4/c1-15-10-5-3-2-4-9(10)12-8(6-13)7-16-11(12)14/h2-5,8,13H,6-7H2,1H3. The third-order valence-electron chi connectivity index (χ3n) is 2.52. The number of aliphatic hydroxyl groups excluding tert-OH is 1. The number of hydrogen-bond acceptors (Lipinski definition) is 4. The van der Waals surface area contributed by atoms with Gasteiger partial charge in [0.1, 0.15) is 12.4 Å². The third kappa shape index (κ3) is 1.69. The molecule has 1 heterocycles. The second-order valence-corrected chi connectivity index (χ2v) is 3.46. The summed E-state index contributed by atoms with van der Waals surface area (Å²) in [5.41, 5.74) is 0.617. The lowest BCUT2D eigenvalue weighted by Gasteiger charge is -2.21. The van der Waals surface area contributed by atoms with Crippen LogP contribution in [0.5, 0.6) is 5.75 Å². The molecular weight excluding hydrogens is 210 g/mol. The highest BCUT2D eigenvalue weighted by atomic mass is 16.6. The first kappa shape index (κ1) is 10.8. The maximum absolute atomic E-state index is 11.5. The molecule has 0 spiro atoms. The Labute approximate surface area is 93.2 Å². The minimum atomic E-state index is -0.455. The Morgan fingerprint density at radius 2 is 2.31 bits per heavy atom. The molecule has 1 N–H and O–H groups in total. The summed E-state index contributed by atoms with van der Waals surface area (Å²) in [4.78, 5) is 13.0. The number of ether oxygens (including phenoxy) is 2. The Hall–Kier alpha value is -1.75. The summed E-state index contributed by atoms with van der Waals surface area (Å²) in [7, 11) is 1.54. The number of carbonyl (C=O) groups is 1. The molecule has 1 unspecified atom stereocenters. The molecule has 1 atom stereocenters. The average Bonchev–Trinajstić information content (AvgIpc) is 2.70. The number of hydrogen-bond donors (Lipinski definition) is 1. The first-order chi connectivity index (χ1) is 7.77. The average molecular weight is 223 g/mol. The fraction of sp³-hybridized carbons (Fsp3) is 0.364. The topological polar surface area (TPSA) is 59.0 Å². The predicted molar refractivity (Wildman–Crippen MR) is 57.7 cm³/mol. The Morgan fingerprint density at radius 3 is 3.00 bits per heavy atom. The van der Waals surface area contributed by atoms with Gasteiger partial charge < -0.3 is 14.6 Å². The van der Waals surface area contributed by atoms with E-state index in [4.69, 9.17) is 14.6 Å². The summed E-state index contributed by atoms with van der Waals surface area (Å²) in [5.74, 6) is 0.583. The Balaban J connectivity index is 2.38. The zero-order valence-electron chi connectivity index (χ0n) is 8.92. The fourth-order valence-electron chi connectivity index (χ4n) is 1.72. The zero-order valence-corrected chi connectivity index (χ0v) is 8.92. The monoisotopic (exact) mass is 223 g/mol. The van der Waals surface area contributed by atoms with Crippen molar-refractivity contribution in [2.45, 2.75) is 6.04 Å². The summed E-state index contributed by atoms with van der Waals surface area (Å²) < 4.78 is 10.1. The molecule has 1 aliphatic rings. The molecule has 1 saturated heterocycles. The van der Waals surface area contributed by atoms with Crippen LogP contribution >= 0.6 is 0 Å². The second kappa shape index (κ2) is 4.40. The SMILES string of the molecule is COc1ccccc1N1C(=O)OCC1CO. The normalized spacial score (nSPS) is 19.8. The van der Waals surface area contributed by atoms with Gasteiger partial charge in [-0.05, 0) is 12.1 Å². The summed E-state index contributed by atoms with van der Waals surface area (Å²) >= 11 is 0. The Bertz CT molecular complexity index is 393. The number of nitrogens with zero attached hydrogens (tertiary/aromatic N) is 1. The van der Waals surface area contributed by atoms with Crippen LogP contribution in [0.15, 0.2) is 24.3 Å². The van der Waals surface area contributed by atoms with Gasteiger partial charge in [0.25, 0.3) is 0 Å². The maximum Gasteiger partial charge on any atom is 0.414 e. The van der Waals surface area contributed by atoms with E-state index in [2.05, 4.69) is 0 Å². The summed E-state index contributed by atoms with van der Waals surface area (Å²) in [6.45, 7) is 0.0666. The molecule has 86 valence electrons. The minimum absolute atomic E-state index is 0.135. The summed E-state index contributed by atoms with van der Waals surface area (Å²) in [6, 6.07) is 6.79. The van der Waals surface area contributed by atoms with Crippen molar-refractivity contribution >= 4 is 11.8 Å². The van der Waals surface area contributed by atoms with Crippen molar-refractivity contribution < 1.29 is 19.4 Å². The van der Waals surface area contributed by atoms with Crippen molar-refractivity contribution in [1.29, 1.82) is 0 Å². The molecule has 2 rings (SSSR count). The van der Waals surface area contributed by atoms with Gasteiger partial charge >= 0.3 is 6.09 Å². The van der Waals surface area contributed by atoms with E-state index in [1.54, 1.807) is 18.2 Å². The van der Waals surface area contributed by atoms with Crippen LogP contribution in [0.1, 0.15) is 0 Å². The number of methoxy groups -OCH3 is 1. The van der Waals surface area contributed by atoms with Crippen molar-refractivity contribution in [2.24, 2.45) is 0 Å². The lowest BCUT2D eigenvalue weighted by atomic mass is 10.2. The van der Waals surface area contributed by atoms with Crippen LogP contribution in [-0.4, -0.2) is 37.6 Å². The lowest BCUT2D eigenvalue weighted by Crippen LogP contribution is -2.36. The molecular formula is C11H13NO4. The predicted octanol–water partition coefficient (Wildman–Crippen LogP) is 1.01. The molecule has 1 aromatic carbocycles. The van der Waals surface area contributed by atoms with E-state index in [-0.39, 0.29) is 19.3 Å². The van der Waals surface area contributed by atoms with Gasteiger partial charge in [-0.15, -0.1) is 0 Å². The van der Waals surface area contributed by atoms with Crippen LogP contribution in [-0.2, 0) is 4.74 Å². The number of cyclic esters (lactones) is 1. The molecule has 1 aromatic rings. The zero-order chi connectivity index (χ0) is 11.5. The largest absolute Gasteiger partial charge is 0.495 e. The van der Waals surface area contributed by atoms with Crippen molar-refractivity contribution in [3.63, 3.8) is 0 Å². The van der Waals surface area contributed by atoms with E-state index < -0.39 is 6.09 Å². The van der Waals surface area contributed by atoms with E-state index in [0.29, 0.717) is 11.4 Å². The highest BCUT2D eigenvalue weighted by Crippen LogP contribution is 2.31. The van der Waals surface area contributed by atoms with E-state index in [9.17, 15) is 4.79 Å². The van der Waals surface area contributed by atoms with Crippen molar-refractivity contribution in [3.8, 4) is 5.75 Å². The van der Waals surface area contributed by atoms with Crippen LogP contribution < -0.4 is 9.64 Å². The second-order valence-electron chi connectivity index (χ2n) is 3.46. The van der Waals surface area contributed by atoms with Gasteiger partial charge in [-0.25, -0.2) is 4.79 Å². The number of rotatable bonds is 3. The van der Waals surface area contributed by atoms with Gasteiger partial charge in [0, 0.05) is 0 Å². The van der Waals surface area contributed by atoms with Gasteiger partial charge in [-0.2, -0.15) is 0 Å². The summed E-state index contributed by atoms with van der Waals surface area (Å²) in [5, 5.41) is 9.16. The number of amides is 1. The minimum Gasteiger partial charge on any atom is -0.495 e. The molecule has 16 heavy (non-hydrogen) atoms. The van der Waals surface area contributed by atoms with Gasteiger partial charge in [0.2, 0.25) is 0 Å². The van der Waals surface area contributed by atoms with Gasteiger partial charge in [0.05, 0.1) is 25.4 Å². The molecule has 0 radical (unpaired) electrons. The quantitative estimate of drug-likeness (QED) is 0.830. The van der Waals surface area contributed by atoms with E-state index in [1.807, 2.05) is 6.07 Å². The molecule has 5 nitrogen and oxygen atoms in total. The smallest absolute Gasteiger partial charge is 0.414 e. The van der Waals surface area contributed by atoms with Gasteiger partial charge in [-0.1, -0.05) is 12.1 Å². The molecule has 1 amide bonds. The van der Waals surface area contributed by atoms with Crippen LogP contribution in [0.25, 0.3) is 0 Å². The first-order valence-electron chi connectivity index (χ1n) is 4.97. The van der Waals surface area contributed by atoms with E-state index in [1.165, 1.54) is 12.0 Å². The van der Waals surface area contributed by atoms with E-state index in [0.717, 1.165) is 0 Å². The van der Waals surface area contributed by atoms with Crippen molar-refractivity contribution in [2.75, 3.05) is 25.2 Å². The highest BCUT2D eigenvalue weighted by Gasteiger charge is 2.35. The van der Waals surface area contributed by atoms with Gasteiger partial charge in [0.15, 0.2) is 0 Å². The molecule has 5 heteroatoms. The number of benzene rings is 1. The maximum atomic E-state index is 11.5. The van der Waals surface area contributed by atoms with E-state index >= 15 is 0 Å². The van der Waals surface area contributed by atoms with Crippen LogP contribution in [0, 0.1) is 0 Å². The molecule has 0 aliphatic carbocycles. The molecule has 1 aliphatic heterocycles. The number of para-hydroxylation sites is 2. The Kier molecular flexibility index (Phi) is 2.96. The molecule has 0 saturated carbocycles. The molecule has 1 fully saturated rings. The van der Waals surface area contributed by atoms with Crippen molar-refractivity contribution in [3.05, 3.63) is 24.3 Å². The highest BCUT2D eigenvalue weighted by molar-refractivity contribution is 5.92. The fourth-order valence-corrected chi connectivity index (χ4v) is 1.72. The number of carbonyl (C=O) groups excluding carboxylic acids is 1. The Morgan fingerprint density at radius 1 is 1.56 bits per heavy atom. The van der Waals surface area contributed by atoms with Gasteiger partial charge in [-0.3, -0.25) is 4.90 Å². The molecule has 0 aromatic heterocycles. The first-order valence-corrected chi connectivity index (χ1v) is 4.97. The van der Waals surface area contributed by atoms with Crippen molar-refractivity contribution in [1.82, 2.24) is 0 Å². The summed E-state index contributed by atoms with van der Waals surface area (Å²) in [6.07, 6.45) is -0.455. The van der Waals surface area contributed by atoms with Crippen LogP contribution in [0.4, 0.5) is 10.5 Å². The van der Waals surface area contributed by atoms with Crippen LogP contribution in [0.3, 0.4) is 0 Å². The lowest BCUT2D eigenvalue weighted by molar-refractivity contribution is 0.174. The third-order valence-corrected chi connectivity index (χ3v) is 2.52. The van der Waals surface area contributed by atoms with Crippen LogP contribution in [0.2, 0.25) is 0 Å². The molecule has 0 bridgehead atoms. The number of anilines is 1. The number of aliphatic hydroxyl groups is 1.